The minimum atomic E-state index is 0. The molecule has 1 fully saturated rings. The van der Waals surface area contributed by atoms with Gasteiger partial charge in [0.2, 0.25) is 0 Å². The van der Waals surface area contributed by atoms with Crippen LogP contribution in [-0.4, -0.2) is 39.3 Å². The average Bonchev–Trinajstić information content (AvgIpc) is 3.30. The lowest BCUT2D eigenvalue weighted by Crippen LogP contribution is -2.39. The van der Waals surface area contributed by atoms with Crippen LogP contribution in [0.3, 0.4) is 0 Å². The predicted molar refractivity (Wildman–Crippen MR) is 98.5 cm³/mol. The van der Waals surface area contributed by atoms with Gasteiger partial charge in [0.15, 0.2) is 5.96 Å². The molecule has 1 aromatic rings. The number of ether oxygens (including phenoxy) is 1. The summed E-state index contributed by atoms with van der Waals surface area (Å²) < 4.78 is 5.58. The fourth-order valence-corrected chi connectivity index (χ4v) is 1.97. The summed E-state index contributed by atoms with van der Waals surface area (Å²) in [4.78, 5) is 4.20. The van der Waals surface area contributed by atoms with Crippen LogP contribution in [-0.2, 0) is 11.2 Å². The molecule has 1 aliphatic carbocycles. The zero-order valence-corrected chi connectivity index (χ0v) is 15.0. The van der Waals surface area contributed by atoms with E-state index >= 15 is 0 Å². The van der Waals surface area contributed by atoms with Crippen LogP contribution in [0.5, 0.6) is 0 Å². The number of hydrogen-bond donors (Lipinski definition) is 2. The minimum absolute atomic E-state index is 0. The summed E-state index contributed by atoms with van der Waals surface area (Å²) in [5.41, 5.74) is 1.34. The van der Waals surface area contributed by atoms with Crippen LogP contribution in [0.15, 0.2) is 35.3 Å². The van der Waals surface area contributed by atoms with Crippen LogP contribution in [0.4, 0.5) is 0 Å². The monoisotopic (exact) mass is 403 g/mol. The zero-order chi connectivity index (χ0) is 14.0. The van der Waals surface area contributed by atoms with Gasteiger partial charge in [-0.15, -0.1) is 24.0 Å². The highest BCUT2D eigenvalue weighted by Gasteiger charge is 2.20. The molecule has 2 rings (SSSR count). The highest BCUT2D eigenvalue weighted by Crippen LogP contribution is 2.28. The Bertz CT molecular complexity index is 407. The topological polar surface area (TPSA) is 45.7 Å². The fraction of sp³-hybridized carbons (Fsp3) is 0.562. The maximum atomic E-state index is 5.58. The molecule has 1 aromatic carbocycles. The van der Waals surface area contributed by atoms with Gasteiger partial charge in [0.1, 0.15) is 0 Å². The van der Waals surface area contributed by atoms with Crippen molar-refractivity contribution in [1.82, 2.24) is 10.6 Å². The Labute approximate surface area is 144 Å². The van der Waals surface area contributed by atoms with Crippen molar-refractivity contribution >= 4 is 29.9 Å². The number of halogens is 1. The van der Waals surface area contributed by atoms with Gasteiger partial charge in [-0.3, -0.25) is 4.99 Å². The van der Waals surface area contributed by atoms with Gasteiger partial charge in [-0.1, -0.05) is 30.3 Å². The quantitative estimate of drug-likeness (QED) is 0.303. The lowest BCUT2D eigenvalue weighted by Gasteiger charge is -2.12. The molecule has 0 atom stereocenters. The summed E-state index contributed by atoms with van der Waals surface area (Å²) in [5.74, 6) is 1.68. The van der Waals surface area contributed by atoms with Gasteiger partial charge in [-0.2, -0.15) is 0 Å². The van der Waals surface area contributed by atoms with Crippen molar-refractivity contribution in [3.8, 4) is 0 Å². The molecule has 0 radical (unpaired) electrons. The lowest BCUT2D eigenvalue weighted by molar-refractivity contribution is 0.129. The summed E-state index contributed by atoms with van der Waals surface area (Å²) in [6, 6.07) is 10.5. The van der Waals surface area contributed by atoms with Crippen LogP contribution in [0.25, 0.3) is 0 Å². The third-order valence-corrected chi connectivity index (χ3v) is 3.36. The summed E-state index contributed by atoms with van der Waals surface area (Å²) in [6.45, 7) is 3.35. The summed E-state index contributed by atoms with van der Waals surface area (Å²) in [7, 11) is 1.79. The van der Waals surface area contributed by atoms with Crippen LogP contribution in [0, 0.1) is 5.92 Å². The molecule has 0 aliphatic heterocycles. The molecule has 5 heteroatoms. The van der Waals surface area contributed by atoms with E-state index in [0.717, 1.165) is 44.6 Å². The molecule has 0 spiro atoms. The second kappa shape index (κ2) is 10.8. The van der Waals surface area contributed by atoms with E-state index in [4.69, 9.17) is 4.74 Å². The van der Waals surface area contributed by atoms with Crippen LogP contribution in [0.1, 0.15) is 18.4 Å². The van der Waals surface area contributed by atoms with Crippen LogP contribution < -0.4 is 10.6 Å². The number of guanidine groups is 1. The molecule has 0 heterocycles. The second-order valence-corrected chi connectivity index (χ2v) is 5.18. The molecule has 0 bridgehead atoms. The normalized spacial score (nSPS) is 14.4. The molecular weight excluding hydrogens is 377 g/mol. The van der Waals surface area contributed by atoms with E-state index in [1.165, 1.54) is 18.4 Å². The second-order valence-electron chi connectivity index (χ2n) is 5.18. The van der Waals surface area contributed by atoms with Gasteiger partial charge in [-0.25, -0.2) is 0 Å². The maximum Gasteiger partial charge on any atom is 0.191 e. The largest absolute Gasteiger partial charge is 0.379 e. The molecular formula is C16H26IN3O. The van der Waals surface area contributed by atoms with E-state index in [1.807, 2.05) is 6.07 Å². The van der Waals surface area contributed by atoms with Crippen LogP contribution in [0.2, 0.25) is 0 Å². The molecule has 0 aromatic heterocycles. The molecule has 4 nitrogen and oxygen atoms in total. The molecule has 1 aliphatic rings. The van der Waals surface area contributed by atoms with Crippen molar-refractivity contribution < 1.29 is 4.74 Å². The molecule has 118 valence electrons. The van der Waals surface area contributed by atoms with E-state index in [1.54, 1.807) is 7.05 Å². The highest BCUT2D eigenvalue weighted by molar-refractivity contribution is 14.0. The molecule has 1 saturated carbocycles. The Morgan fingerprint density at radius 1 is 1.19 bits per heavy atom. The Morgan fingerprint density at radius 3 is 2.57 bits per heavy atom. The number of nitrogens with one attached hydrogen (secondary N) is 2. The van der Waals surface area contributed by atoms with Gasteiger partial charge in [0.05, 0.1) is 6.61 Å². The van der Waals surface area contributed by atoms with Crippen molar-refractivity contribution in [2.24, 2.45) is 10.9 Å². The minimum Gasteiger partial charge on any atom is -0.379 e. The summed E-state index contributed by atoms with van der Waals surface area (Å²) in [5, 5.41) is 6.58. The lowest BCUT2D eigenvalue weighted by atomic mass is 10.1. The first-order valence-electron chi connectivity index (χ1n) is 7.44. The third-order valence-electron chi connectivity index (χ3n) is 3.36. The molecule has 21 heavy (non-hydrogen) atoms. The van der Waals surface area contributed by atoms with Crippen molar-refractivity contribution in [2.45, 2.75) is 19.3 Å². The predicted octanol–water partition coefficient (Wildman–Crippen LogP) is 2.44. The van der Waals surface area contributed by atoms with E-state index in [9.17, 15) is 0 Å². The number of benzene rings is 1. The maximum absolute atomic E-state index is 5.58. The van der Waals surface area contributed by atoms with Gasteiger partial charge in [0, 0.05) is 26.7 Å². The van der Waals surface area contributed by atoms with Crippen molar-refractivity contribution in [1.29, 1.82) is 0 Å². The van der Waals surface area contributed by atoms with E-state index in [0.29, 0.717) is 0 Å². The van der Waals surface area contributed by atoms with Crippen molar-refractivity contribution in [2.75, 3.05) is 33.4 Å². The van der Waals surface area contributed by atoms with E-state index in [-0.39, 0.29) is 24.0 Å². The SMILES string of the molecule is CN=C(NCCOCC1CC1)NCCc1ccccc1.I. The number of rotatable bonds is 8. The zero-order valence-electron chi connectivity index (χ0n) is 12.7. The number of hydrogen-bond acceptors (Lipinski definition) is 2. The Morgan fingerprint density at radius 2 is 1.90 bits per heavy atom. The molecule has 0 unspecified atom stereocenters. The standard InChI is InChI=1S/C16H25N3O.HI/c1-17-16(19-11-12-20-13-15-7-8-15)18-10-9-14-5-3-2-4-6-14;/h2-6,15H,7-13H2,1H3,(H2,17,18,19);1H. The fourth-order valence-electron chi connectivity index (χ4n) is 1.97. The number of aliphatic imine (C=N–C) groups is 1. The van der Waals surface area contributed by atoms with Gasteiger partial charge in [-0.05, 0) is 30.7 Å². The van der Waals surface area contributed by atoms with Crippen molar-refractivity contribution in [3.63, 3.8) is 0 Å². The first-order chi connectivity index (χ1) is 9.88. The molecule has 0 saturated heterocycles. The Hall–Kier alpha value is -0.820. The summed E-state index contributed by atoms with van der Waals surface area (Å²) in [6.07, 6.45) is 3.69. The van der Waals surface area contributed by atoms with Crippen molar-refractivity contribution in [3.05, 3.63) is 35.9 Å². The van der Waals surface area contributed by atoms with Crippen LogP contribution >= 0.6 is 24.0 Å². The van der Waals surface area contributed by atoms with Gasteiger partial charge in [0.25, 0.3) is 0 Å². The molecule has 2 N–H and O–H groups in total. The number of nitrogens with zero attached hydrogens (tertiary/aromatic N) is 1. The first kappa shape index (κ1) is 18.2. The molecule has 0 amide bonds. The third kappa shape index (κ3) is 8.26. The Balaban J connectivity index is 0.00000220. The van der Waals surface area contributed by atoms with Gasteiger partial charge >= 0.3 is 0 Å². The van der Waals surface area contributed by atoms with E-state index < -0.39 is 0 Å². The highest BCUT2D eigenvalue weighted by atomic mass is 127. The Kier molecular flexibility index (Phi) is 9.41. The first-order valence-corrected chi connectivity index (χ1v) is 7.44. The average molecular weight is 403 g/mol. The van der Waals surface area contributed by atoms with Gasteiger partial charge < -0.3 is 15.4 Å². The van der Waals surface area contributed by atoms with E-state index in [2.05, 4.69) is 39.9 Å². The summed E-state index contributed by atoms with van der Waals surface area (Å²) >= 11 is 0. The smallest absolute Gasteiger partial charge is 0.191 e.